The van der Waals surface area contributed by atoms with Crippen LogP contribution in [0, 0.1) is 6.92 Å². The molecule has 0 fully saturated rings. The number of hydrogen-bond acceptors (Lipinski definition) is 4. The second-order valence-electron chi connectivity index (χ2n) is 4.94. The fourth-order valence-corrected chi connectivity index (χ4v) is 3.20. The Kier molecular flexibility index (Phi) is 3.92. The van der Waals surface area contributed by atoms with Crippen LogP contribution in [0.1, 0.15) is 27.4 Å². The van der Waals surface area contributed by atoms with Gasteiger partial charge in [-0.2, -0.15) is 0 Å². The molecule has 3 rings (SSSR count). The van der Waals surface area contributed by atoms with Crippen LogP contribution in [0.15, 0.2) is 23.6 Å². The Bertz CT molecular complexity index is 562. The van der Waals surface area contributed by atoms with Crippen molar-refractivity contribution in [1.82, 2.24) is 15.6 Å². The molecule has 2 N–H and O–H groups in total. The summed E-state index contributed by atoms with van der Waals surface area (Å²) in [4.78, 5) is 4.48. The Labute approximate surface area is 118 Å². The Balaban J connectivity index is 1.64. The van der Waals surface area contributed by atoms with E-state index in [9.17, 15) is 0 Å². The molecule has 0 spiro atoms. The first kappa shape index (κ1) is 12.8. The number of nitrogens with zero attached hydrogens (tertiary/aromatic N) is 1. The summed E-state index contributed by atoms with van der Waals surface area (Å²) in [7, 11) is 0. The highest BCUT2D eigenvalue weighted by Gasteiger charge is 2.11. The van der Waals surface area contributed by atoms with Gasteiger partial charge in [0.2, 0.25) is 0 Å². The van der Waals surface area contributed by atoms with E-state index in [4.69, 9.17) is 0 Å². The maximum Gasteiger partial charge on any atom is 0.0897 e. The van der Waals surface area contributed by atoms with Crippen molar-refractivity contribution in [2.75, 3.05) is 6.54 Å². The molecule has 0 amide bonds. The van der Waals surface area contributed by atoms with Crippen molar-refractivity contribution in [3.8, 4) is 0 Å². The zero-order valence-corrected chi connectivity index (χ0v) is 12.0. The summed E-state index contributed by atoms with van der Waals surface area (Å²) in [5, 5.41) is 10.2. The normalized spacial score (nSPS) is 14.4. The van der Waals surface area contributed by atoms with Crippen molar-refractivity contribution >= 4 is 11.3 Å². The molecule has 2 aromatic rings. The molecule has 1 aliphatic rings. The number of hydrogen-bond donors (Lipinski definition) is 2. The minimum Gasteiger partial charge on any atom is -0.312 e. The van der Waals surface area contributed by atoms with E-state index >= 15 is 0 Å². The molecule has 0 saturated carbocycles. The number of fused-ring (bicyclic) bond motifs is 1. The summed E-state index contributed by atoms with van der Waals surface area (Å²) in [5.41, 5.74) is 5.57. The SMILES string of the molecule is Cc1nc(CNCc2cccc3c2CCNC3)cs1. The summed E-state index contributed by atoms with van der Waals surface area (Å²) in [6.45, 7) is 5.94. The average molecular weight is 273 g/mol. The van der Waals surface area contributed by atoms with Crippen molar-refractivity contribution in [2.24, 2.45) is 0 Å². The van der Waals surface area contributed by atoms with E-state index in [1.165, 1.54) is 16.7 Å². The van der Waals surface area contributed by atoms with Crippen LogP contribution in [0.5, 0.6) is 0 Å². The van der Waals surface area contributed by atoms with Gasteiger partial charge in [-0.25, -0.2) is 4.98 Å². The molecular formula is C15H19N3S. The van der Waals surface area contributed by atoms with Crippen LogP contribution >= 0.6 is 11.3 Å². The molecule has 0 atom stereocenters. The zero-order chi connectivity index (χ0) is 13.1. The van der Waals surface area contributed by atoms with E-state index in [2.05, 4.69) is 46.1 Å². The summed E-state index contributed by atoms with van der Waals surface area (Å²) >= 11 is 1.71. The molecule has 2 heterocycles. The number of benzene rings is 1. The molecule has 0 bridgehead atoms. The standard InChI is InChI=1S/C15H19N3S/c1-11-18-14(10-19-11)9-17-8-13-4-2-3-12-7-16-6-5-15(12)13/h2-4,10,16-17H,5-9H2,1H3. The van der Waals surface area contributed by atoms with Gasteiger partial charge in [-0.1, -0.05) is 18.2 Å². The topological polar surface area (TPSA) is 37.0 Å². The Morgan fingerprint density at radius 1 is 1.37 bits per heavy atom. The van der Waals surface area contributed by atoms with Crippen molar-refractivity contribution in [3.05, 3.63) is 51.0 Å². The van der Waals surface area contributed by atoms with Gasteiger partial charge in [0.05, 0.1) is 10.7 Å². The van der Waals surface area contributed by atoms with E-state index in [0.29, 0.717) is 0 Å². The molecule has 0 radical (unpaired) electrons. The number of thiazole rings is 1. The second kappa shape index (κ2) is 5.82. The van der Waals surface area contributed by atoms with Crippen LogP contribution in [0.25, 0.3) is 0 Å². The third-order valence-electron chi connectivity index (χ3n) is 3.53. The summed E-state index contributed by atoms with van der Waals surface area (Å²) in [6.07, 6.45) is 1.14. The maximum absolute atomic E-state index is 4.48. The lowest BCUT2D eigenvalue weighted by Gasteiger charge is -2.20. The predicted octanol–water partition coefficient (Wildman–Crippen LogP) is 2.39. The fraction of sp³-hybridized carbons (Fsp3) is 0.400. The third-order valence-corrected chi connectivity index (χ3v) is 4.35. The smallest absolute Gasteiger partial charge is 0.0897 e. The molecule has 3 nitrogen and oxygen atoms in total. The molecule has 0 aliphatic carbocycles. The van der Waals surface area contributed by atoms with Crippen LogP contribution < -0.4 is 10.6 Å². The van der Waals surface area contributed by atoms with Gasteiger partial charge in [0.1, 0.15) is 0 Å². The lowest BCUT2D eigenvalue weighted by molar-refractivity contribution is 0.624. The zero-order valence-electron chi connectivity index (χ0n) is 11.2. The van der Waals surface area contributed by atoms with Gasteiger partial charge in [-0.15, -0.1) is 11.3 Å². The lowest BCUT2D eigenvalue weighted by atomic mass is 9.95. The van der Waals surface area contributed by atoms with Crippen LogP contribution in [-0.2, 0) is 26.1 Å². The highest BCUT2D eigenvalue weighted by Crippen LogP contribution is 2.18. The van der Waals surface area contributed by atoms with Crippen LogP contribution in [0.3, 0.4) is 0 Å². The maximum atomic E-state index is 4.48. The lowest BCUT2D eigenvalue weighted by Crippen LogP contribution is -2.25. The van der Waals surface area contributed by atoms with Crippen LogP contribution in [0.2, 0.25) is 0 Å². The van der Waals surface area contributed by atoms with E-state index < -0.39 is 0 Å². The van der Waals surface area contributed by atoms with Gasteiger partial charge in [0, 0.05) is 25.0 Å². The second-order valence-corrected chi connectivity index (χ2v) is 6.01. The van der Waals surface area contributed by atoms with Crippen molar-refractivity contribution < 1.29 is 0 Å². The monoisotopic (exact) mass is 273 g/mol. The van der Waals surface area contributed by atoms with Crippen LogP contribution in [0.4, 0.5) is 0 Å². The van der Waals surface area contributed by atoms with Crippen molar-refractivity contribution in [3.63, 3.8) is 0 Å². The first-order valence-electron chi connectivity index (χ1n) is 6.75. The summed E-state index contributed by atoms with van der Waals surface area (Å²) in [6, 6.07) is 6.63. The Hall–Kier alpha value is -1.23. The quantitative estimate of drug-likeness (QED) is 0.898. The predicted molar refractivity (Wildman–Crippen MR) is 79.2 cm³/mol. The van der Waals surface area contributed by atoms with Gasteiger partial charge < -0.3 is 10.6 Å². The van der Waals surface area contributed by atoms with Crippen LogP contribution in [-0.4, -0.2) is 11.5 Å². The van der Waals surface area contributed by atoms with Crippen molar-refractivity contribution in [1.29, 1.82) is 0 Å². The highest BCUT2D eigenvalue weighted by molar-refractivity contribution is 7.09. The number of aromatic nitrogens is 1. The van der Waals surface area contributed by atoms with E-state index in [1.54, 1.807) is 11.3 Å². The van der Waals surface area contributed by atoms with Gasteiger partial charge in [-0.3, -0.25) is 0 Å². The van der Waals surface area contributed by atoms with E-state index in [0.717, 1.165) is 43.3 Å². The van der Waals surface area contributed by atoms with Gasteiger partial charge >= 0.3 is 0 Å². The molecule has 1 aliphatic heterocycles. The van der Waals surface area contributed by atoms with Gasteiger partial charge in [0.15, 0.2) is 0 Å². The fourth-order valence-electron chi connectivity index (χ4n) is 2.59. The minimum absolute atomic E-state index is 0.853. The van der Waals surface area contributed by atoms with Gasteiger partial charge in [-0.05, 0) is 36.6 Å². The summed E-state index contributed by atoms with van der Waals surface area (Å²) in [5.74, 6) is 0. The molecule has 0 unspecified atom stereocenters. The number of aryl methyl sites for hydroxylation is 1. The number of nitrogens with one attached hydrogen (secondary N) is 2. The van der Waals surface area contributed by atoms with Crippen molar-refractivity contribution in [2.45, 2.75) is 33.0 Å². The van der Waals surface area contributed by atoms with E-state index in [1.807, 2.05) is 0 Å². The molecule has 1 aromatic heterocycles. The summed E-state index contributed by atoms with van der Waals surface area (Å²) < 4.78 is 0. The Morgan fingerprint density at radius 2 is 2.32 bits per heavy atom. The first-order chi connectivity index (χ1) is 9.33. The molecule has 19 heavy (non-hydrogen) atoms. The molecule has 0 saturated heterocycles. The number of rotatable bonds is 4. The Morgan fingerprint density at radius 3 is 3.16 bits per heavy atom. The minimum atomic E-state index is 0.853. The molecular weight excluding hydrogens is 254 g/mol. The first-order valence-corrected chi connectivity index (χ1v) is 7.63. The molecule has 4 heteroatoms. The highest BCUT2D eigenvalue weighted by atomic mass is 32.1. The third kappa shape index (κ3) is 3.03. The molecule has 1 aromatic carbocycles. The van der Waals surface area contributed by atoms with E-state index in [-0.39, 0.29) is 0 Å². The average Bonchev–Trinajstić information content (AvgIpc) is 2.85. The largest absolute Gasteiger partial charge is 0.312 e. The molecule has 100 valence electrons. The van der Waals surface area contributed by atoms with Gasteiger partial charge in [0.25, 0.3) is 0 Å².